The van der Waals surface area contributed by atoms with E-state index in [1.165, 1.54) is 17.4 Å². The van der Waals surface area contributed by atoms with Gasteiger partial charge in [-0.05, 0) is 44.8 Å². The van der Waals surface area contributed by atoms with Gasteiger partial charge in [-0.15, -0.1) is 5.10 Å². The Balaban J connectivity index is 1.28. The van der Waals surface area contributed by atoms with Crippen molar-refractivity contribution < 1.29 is 9.47 Å². The van der Waals surface area contributed by atoms with E-state index in [-0.39, 0.29) is 5.95 Å². The highest BCUT2D eigenvalue weighted by Crippen LogP contribution is 2.33. The Morgan fingerprint density at radius 3 is 2.66 bits per heavy atom. The van der Waals surface area contributed by atoms with Gasteiger partial charge in [0.05, 0.1) is 37.3 Å². The molecule has 0 radical (unpaired) electrons. The zero-order chi connectivity index (χ0) is 26.6. The number of nitrogens with zero attached hydrogens (tertiary/aromatic N) is 8. The lowest BCUT2D eigenvalue weighted by Crippen LogP contribution is -2.31. The highest BCUT2D eigenvalue weighted by atomic mass is 16.5. The molecule has 0 aliphatic carbocycles. The Hall–Kier alpha value is -4.29. The van der Waals surface area contributed by atoms with Gasteiger partial charge in [-0.2, -0.15) is 9.67 Å². The molecule has 12 heteroatoms. The molecule has 3 N–H and O–H groups in total. The largest absolute Gasteiger partial charge is 0.493 e. The Labute approximate surface area is 221 Å². The maximum Gasteiger partial charge on any atom is 0.248 e. The fourth-order valence-corrected chi connectivity index (χ4v) is 4.50. The van der Waals surface area contributed by atoms with Crippen molar-refractivity contribution in [2.24, 2.45) is 0 Å². The van der Waals surface area contributed by atoms with Crippen LogP contribution in [-0.4, -0.2) is 93.5 Å². The molecule has 1 unspecified atom stereocenters. The average Bonchev–Trinajstić information content (AvgIpc) is 3.55. The molecule has 1 aliphatic heterocycles. The number of likely N-dealkylation sites (tertiary alicyclic amines) is 1. The van der Waals surface area contributed by atoms with Gasteiger partial charge in [-0.3, -0.25) is 9.88 Å². The van der Waals surface area contributed by atoms with E-state index < -0.39 is 0 Å². The van der Waals surface area contributed by atoms with E-state index in [0.29, 0.717) is 40.2 Å². The highest BCUT2D eigenvalue weighted by molar-refractivity contribution is 5.88. The first kappa shape index (κ1) is 25.4. The monoisotopic (exact) mass is 516 g/mol. The number of nitrogen functional groups attached to an aromatic ring is 1. The van der Waals surface area contributed by atoms with Gasteiger partial charge < -0.3 is 25.4 Å². The van der Waals surface area contributed by atoms with Crippen LogP contribution in [0.4, 0.5) is 17.6 Å². The molecule has 4 aromatic rings. The molecule has 0 amide bonds. The Kier molecular flexibility index (Phi) is 7.33. The molecule has 1 atom stereocenters. The molecule has 38 heavy (non-hydrogen) atoms. The summed E-state index contributed by atoms with van der Waals surface area (Å²) in [6.45, 7) is 3.14. The number of nitrogens with two attached hydrogens (primary N) is 1. The fraction of sp³-hybridized carbons (Fsp3) is 0.346. The molecule has 198 valence electrons. The van der Waals surface area contributed by atoms with Crippen LogP contribution in [0.25, 0.3) is 22.8 Å². The van der Waals surface area contributed by atoms with Crippen molar-refractivity contribution in [3.05, 3.63) is 48.6 Å². The predicted octanol–water partition coefficient (Wildman–Crippen LogP) is 2.60. The summed E-state index contributed by atoms with van der Waals surface area (Å²) >= 11 is 0. The Morgan fingerprint density at radius 2 is 1.95 bits per heavy atom. The van der Waals surface area contributed by atoms with Crippen LogP contribution in [0.5, 0.6) is 11.5 Å². The minimum absolute atomic E-state index is 0.174. The lowest BCUT2D eigenvalue weighted by Gasteiger charge is -2.19. The minimum Gasteiger partial charge on any atom is -0.493 e. The van der Waals surface area contributed by atoms with Gasteiger partial charge in [0.1, 0.15) is 6.33 Å². The average molecular weight is 517 g/mol. The Morgan fingerprint density at radius 1 is 1.13 bits per heavy atom. The third kappa shape index (κ3) is 5.36. The van der Waals surface area contributed by atoms with Crippen LogP contribution in [0.2, 0.25) is 0 Å². The number of likely N-dealkylation sites (N-methyl/N-ethyl adjacent to an activating group) is 1. The number of benzene rings is 1. The van der Waals surface area contributed by atoms with Gasteiger partial charge >= 0.3 is 0 Å². The number of ether oxygens (including phenoxy) is 2. The first-order chi connectivity index (χ1) is 18.4. The third-order valence-electron chi connectivity index (χ3n) is 6.62. The molecular formula is C26H32N10O2. The number of pyridine rings is 1. The van der Waals surface area contributed by atoms with E-state index in [9.17, 15) is 0 Å². The number of hydrogen-bond donors (Lipinski definition) is 2. The van der Waals surface area contributed by atoms with Gasteiger partial charge in [-0.25, -0.2) is 9.97 Å². The van der Waals surface area contributed by atoms with Crippen LogP contribution >= 0.6 is 0 Å². The molecule has 0 bridgehead atoms. The molecule has 1 saturated heterocycles. The maximum absolute atomic E-state index is 6.20. The highest BCUT2D eigenvalue weighted by Gasteiger charge is 2.22. The van der Waals surface area contributed by atoms with Gasteiger partial charge in [-0.1, -0.05) is 6.08 Å². The van der Waals surface area contributed by atoms with E-state index >= 15 is 0 Å². The quantitative estimate of drug-likeness (QED) is 0.340. The topological polar surface area (TPSA) is 132 Å². The summed E-state index contributed by atoms with van der Waals surface area (Å²) in [5.74, 6) is 2.09. The van der Waals surface area contributed by atoms with Crippen molar-refractivity contribution in [3.63, 3.8) is 0 Å². The number of rotatable bonds is 9. The van der Waals surface area contributed by atoms with Gasteiger partial charge in [0.15, 0.2) is 17.3 Å². The second-order valence-corrected chi connectivity index (χ2v) is 9.29. The number of anilines is 3. The molecule has 0 spiro atoms. The zero-order valence-corrected chi connectivity index (χ0v) is 22.0. The summed E-state index contributed by atoms with van der Waals surface area (Å²) in [4.78, 5) is 22.4. The fourth-order valence-electron chi connectivity index (χ4n) is 4.50. The number of fused-ring (bicyclic) bond motifs is 1. The third-order valence-corrected chi connectivity index (χ3v) is 6.62. The molecule has 0 saturated carbocycles. The summed E-state index contributed by atoms with van der Waals surface area (Å²) in [6.07, 6.45) is 8.60. The summed E-state index contributed by atoms with van der Waals surface area (Å²) in [5, 5.41) is 8.36. The number of methoxy groups -OCH3 is 2. The van der Waals surface area contributed by atoms with Crippen LogP contribution in [0.15, 0.2) is 42.9 Å². The van der Waals surface area contributed by atoms with Gasteiger partial charge in [0, 0.05) is 37.1 Å². The first-order valence-electron chi connectivity index (χ1n) is 12.3. The number of aromatic nitrogens is 6. The van der Waals surface area contributed by atoms with Crippen molar-refractivity contribution in [2.45, 2.75) is 12.5 Å². The lowest BCUT2D eigenvalue weighted by molar-refractivity contribution is 0.280. The minimum atomic E-state index is 0.174. The predicted molar refractivity (Wildman–Crippen MR) is 147 cm³/mol. The smallest absolute Gasteiger partial charge is 0.248 e. The van der Waals surface area contributed by atoms with Crippen LogP contribution in [-0.2, 0) is 0 Å². The SMILES string of the molecule is COc1cc2ncnc(-n3nc(Nc4ccc(C=CCN5CCC(N(C)C)C5)nc4)nc3N)c2cc1OC. The molecule has 4 heterocycles. The molecular weight excluding hydrogens is 484 g/mol. The van der Waals surface area contributed by atoms with Crippen molar-refractivity contribution in [2.75, 3.05) is 59.0 Å². The Bertz CT molecular complexity index is 1430. The first-order valence-corrected chi connectivity index (χ1v) is 12.3. The second-order valence-electron chi connectivity index (χ2n) is 9.29. The lowest BCUT2D eigenvalue weighted by atomic mass is 10.2. The summed E-state index contributed by atoms with van der Waals surface area (Å²) in [7, 11) is 7.43. The normalized spacial score (nSPS) is 16.1. The maximum atomic E-state index is 6.20. The molecule has 1 aromatic carbocycles. The van der Waals surface area contributed by atoms with Crippen LogP contribution < -0.4 is 20.5 Å². The van der Waals surface area contributed by atoms with E-state index in [1.54, 1.807) is 32.5 Å². The van der Waals surface area contributed by atoms with Crippen molar-refractivity contribution in [1.82, 2.24) is 39.5 Å². The molecule has 12 nitrogen and oxygen atoms in total. The van der Waals surface area contributed by atoms with Crippen LogP contribution in [0.3, 0.4) is 0 Å². The molecule has 1 fully saturated rings. The number of nitrogens with one attached hydrogen (secondary N) is 1. The van der Waals surface area contributed by atoms with Gasteiger partial charge in [0.25, 0.3) is 0 Å². The van der Waals surface area contributed by atoms with Crippen LogP contribution in [0, 0.1) is 0 Å². The zero-order valence-electron chi connectivity index (χ0n) is 22.0. The van der Waals surface area contributed by atoms with Gasteiger partial charge in [0.2, 0.25) is 11.9 Å². The standard InChI is InChI=1S/C26H32N10O2/c1-34(2)19-9-11-35(15-19)10-5-6-17-7-8-18(14-28-17)31-26-32-25(27)36(33-26)24-20-12-22(37-3)23(38-4)13-21(20)29-16-30-24/h5-8,12-14,16,19H,9-11,15H2,1-4H3,(H3,27,31,32,33). The second kappa shape index (κ2) is 11.0. The van der Waals surface area contributed by atoms with Crippen molar-refractivity contribution in [1.29, 1.82) is 0 Å². The van der Waals surface area contributed by atoms with E-state index in [2.05, 4.69) is 60.3 Å². The molecule has 3 aromatic heterocycles. The molecule has 1 aliphatic rings. The van der Waals surface area contributed by atoms with Crippen molar-refractivity contribution >= 4 is 34.6 Å². The van der Waals surface area contributed by atoms with E-state index in [0.717, 1.165) is 31.0 Å². The van der Waals surface area contributed by atoms with Crippen molar-refractivity contribution in [3.8, 4) is 17.3 Å². The molecule has 5 rings (SSSR count). The summed E-state index contributed by atoms with van der Waals surface area (Å²) in [5.41, 5.74) is 8.49. The van der Waals surface area contributed by atoms with E-state index in [1.807, 2.05) is 18.2 Å². The number of hydrogen-bond acceptors (Lipinski definition) is 11. The van der Waals surface area contributed by atoms with E-state index in [4.69, 9.17) is 15.2 Å². The van der Waals surface area contributed by atoms with Crippen LogP contribution in [0.1, 0.15) is 12.1 Å². The summed E-state index contributed by atoms with van der Waals surface area (Å²) in [6, 6.07) is 8.08. The summed E-state index contributed by atoms with van der Waals surface area (Å²) < 4.78 is 12.3.